The molecule has 2 aromatic heterocycles. The summed E-state index contributed by atoms with van der Waals surface area (Å²) < 4.78 is 2.06. The molecule has 4 nitrogen and oxygen atoms in total. The third kappa shape index (κ3) is 3.53. The monoisotopic (exact) mass is 278 g/mol. The fourth-order valence-electron chi connectivity index (χ4n) is 2.03. The van der Waals surface area contributed by atoms with Crippen LogP contribution in [0.25, 0.3) is 11.5 Å². The Morgan fingerprint density at radius 1 is 1.32 bits per heavy atom. The minimum Gasteiger partial charge on any atom is -0.328 e. The van der Waals surface area contributed by atoms with Gasteiger partial charge in [-0.2, -0.15) is 0 Å². The molecule has 0 saturated heterocycles. The predicted octanol–water partition coefficient (Wildman–Crippen LogP) is 3.60. The van der Waals surface area contributed by atoms with Crippen LogP contribution in [-0.4, -0.2) is 19.5 Å². The molecule has 0 fully saturated rings. The van der Waals surface area contributed by atoms with Gasteiger partial charge in [-0.05, 0) is 24.8 Å². The van der Waals surface area contributed by atoms with Gasteiger partial charge in [0.2, 0.25) is 0 Å². The van der Waals surface area contributed by atoms with Gasteiger partial charge in [-0.15, -0.1) is 0 Å². The highest BCUT2D eigenvalue weighted by atomic mass is 35.5. The molecule has 0 N–H and O–H groups in total. The molecule has 0 aliphatic carbocycles. The van der Waals surface area contributed by atoms with Crippen LogP contribution < -0.4 is 0 Å². The topological polar surface area (TPSA) is 43.6 Å². The van der Waals surface area contributed by atoms with Gasteiger partial charge < -0.3 is 4.57 Å². The standard InChI is InChI=1S/C14H19ClN4/c1-4-5-19-9-16-8-12(19)14-17-11(6-10(2)3)7-13(15)18-14/h7-10H,4-6H2,1-3H3. The lowest BCUT2D eigenvalue weighted by Crippen LogP contribution is -2.04. The molecule has 2 rings (SSSR count). The van der Waals surface area contributed by atoms with Crippen LogP contribution in [0, 0.1) is 5.92 Å². The van der Waals surface area contributed by atoms with E-state index in [0.29, 0.717) is 16.9 Å². The summed E-state index contributed by atoms with van der Waals surface area (Å²) in [5.74, 6) is 1.20. The number of hydrogen-bond acceptors (Lipinski definition) is 3. The fraction of sp³-hybridized carbons (Fsp3) is 0.500. The zero-order chi connectivity index (χ0) is 13.8. The van der Waals surface area contributed by atoms with Gasteiger partial charge in [0.15, 0.2) is 5.82 Å². The van der Waals surface area contributed by atoms with Crippen molar-refractivity contribution >= 4 is 11.6 Å². The van der Waals surface area contributed by atoms with Crippen molar-refractivity contribution in [2.75, 3.05) is 0 Å². The molecule has 0 saturated carbocycles. The van der Waals surface area contributed by atoms with E-state index in [4.69, 9.17) is 11.6 Å². The van der Waals surface area contributed by atoms with Gasteiger partial charge in [-0.1, -0.05) is 32.4 Å². The highest BCUT2D eigenvalue weighted by Gasteiger charge is 2.11. The number of rotatable bonds is 5. The molecule has 0 radical (unpaired) electrons. The van der Waals surface area contributed by atoms with E-state index in [2.05, 4.69) is 40.3 Å². The van der Waals surface area contributed by atoms with E-state index in [1.165, 1.54) is 0 Å². The smallest absolute Gasteiger partial charge is 0.179 e. The lowest BCUT2D eigenvalue weighted by atomic mass is 10.1. The van der Waals surface area contributed by atoms with Crippen molar-refractivity contribution < 1.29 is 0 Å². The average molecular weight is 279 g/mol. The van der Waals surface area contributed by atoms with Gasteiger partial charge in [-0.25, -0.2) is 15.0 Å². The molecule has 0 amide bonds. The molecule has 0 aliphatic rings. The normalized spacial score (nSPS) is 11.2. The Morgan fingerprint density at radius 2 is 2.11 bits per heavy atom. The predicted molar refractivity (Wildman–Crippen MR) is 77.1 cm³/mol. The van der Waals surface area contributed by atoms with Gasteiger partial charge in [0.25, 0.3) is 0 Å². The molecule has 0 bridgehead atoms. The number of halogens is 1. The molecular weight excluding hydrogens is 260 g/mol. The minimum atomic E-state index is 0.491. The number of aromatic nitrogens is 4. The first-order valence-electron chi connectivity index (χ1n) is 6.64. The van der Waals surface area contributed by atoms with Crippen molar-refractivity contribution in [2.45, 2.75) is 40.2 Å². The van der Waals surface area contributed by atoms with Crippen LogP contribution >= 0.6 is 11.6 Å². The Bertz CT molecular complexity index is 548. The van der Waals surface area contributed by atoms with E-state index < -0.39 is 0 Å². The van der Waals surface area contributed by atoms with Crippen LogP contribution in [0.2, 0.25) is 5.15 Å². The van der Waals surface area contributed by atoms with Crippen LogP contribution in [0.1, 0.15) is 32.9 Å². The Hall–Kier alpha value is -1.42. The maximum atomic E-state index is 6.10. The first-order chi connectivity index (χ1) is 9.10. The molecule has 0 aromatic carbocycles. The van der Waals surface area contributed by atoms with Crippen LogP contribution in [0.5, 0.6) is 0 Å². The summed E-state index contributed by atoms with van der Waals surface area (Å²) in [5.41, 5.74) is 1.91. The molecule has 0 unspecified atom stereocenters. The summed E-state index contributed by atoms with van der Waals surface area (Å²) in [6.45, 7) is 7.37. The summed E-state index contributed by atoms with van der Waals surface area (Å²) in [6, 6.07) is 1.84. The summed E-state index contributed by atoms with van der Waals surface area (Å²) >= 11 is 6.10. The SMILES string of the molecule is CCCn1cncc1-c1nc(Cl)cc(CC(C)C)n1. The van der Waals surface area contributed by atoms with Crippen molar-refractivity contribution in [1.82, 2.24) is 19.5 Å². The van der Waals surface area contributed by atoms with Crippen molar-refractivity contribution in [3.63, 3.8) is 0 Å². The maximum Gasteiger partial charge on any atom is 0.179 e. The van der Waals surface area contributed by atoms with Gasteiger partial charge in [-0.3, -0.25) is 0 Å². The van der Waals surface area contributed by atoms with E-state index in [1.54, 1.807) is 6.20 Å². The van der Waals surface area contributed by atoms with Crippen molar-refractivity contribution in [3.05, 3.63) is 29.4 Å². The van der Waals surface area contributed by atoms with Gasteiger partial charge in [0.1, 0.15) is 10.8 Å². The lowest BCUT2D eigenvalue weighted by molar-refractivity contribution is 0.633. The molecule has 102 valence electrons. The number of nitrogens with zero attached hydrogens (tertiary/aromatic N) is 4. The first kappa shape index (κ1) is 14.0. The third-order valence-electron chi connectivity index (χ3n) is 2.77. The molecule has 5 heteroatoms. The Kier molecular flexibility index (Phi) is 4.53. The maximum absolute atomic E-state index is 6.10. The second kappa shape index (κ2) is 6.15. The largest absolute Gasteiger partial charge is 0.328 e. The van der Waals surface area contributed by atoms with E-state index in [9.17, 15) is 0 Å². The summed E-state index contributed by atoms with van der Waals surface area (Å²) in [4.78, 5) is 13.1. The van der Waals surface area contributed by atoms with Crippen LogP contribution in [0.15, 0.2) is 18.6 Å². The second-order valence-corrected chi connectivity index (χ2v) is 5.46. The quantitative estimate of drug-likeness (QED) is 0.785. The Balaban J connectivity index is 2.38. The number of aryl methyl sites for hydroxylation is 1. The van der Waals surface area contributed by atoms with Crippen molar-refractivity contribution in [2.24, 2.45) is 5.92 Å². The van der Waals surface area contributed by atoms with Gasteiger partial charge >= 0.3 is 0 Å². The van der Waals surface area contributed by atoms with E-state index in [0.717, 1.165) is 30.8 Å². The van der Waals surface area contributed by atoms with Crippen LogP contribution in [0.3, 0.4) is 0 Å². The summed E-state index contributed by atoms with van der Waals surface area (Å²) in [7, 11) is 0. The van der Waals surface area contributed by atoms with Crippen molar-refractivity contribution in [1.29, 1.82) is 0 Å². The van der Waals surface area contributed by atoms with E-state index in [1.807, 2.05) is 12.4 Å². The van der Waals surface area contributed by atoms with Crippen LogP contribution in [-0.2, 0) is 13.0 Å². The molecule has 0 aliphatic heterocycles. The Labute approximate surface area is 118 Å². The third-order valence-corrected chi connectivity index (χ3v) is 2.96. The van der Waals surface area contributed by atoms with Gasteiger partial charge in [0, 0.05) is 12.2 Å². The molecule has 0 atom stereocenters. The highest BCUT2D eigenvalue weighted by molar-refractivity contribution is 6.29. The zero-order valence-electron chi connectivity index (χ0n) is 11.6. The molecule has 0 spiro atoms. The highest BCUT2D eigenvalue weighted by Crippen LogP contribution is 2.19. The van der Waals surface area contributed by atoms with E-state index in [-0.39, 0.29) is 0 Å². The molecule has 19 heavy (non-hydrogen) atoms. The van der Waals surface area contributed by atoms with E-state index >= 15 is 0 Å². The zero-order valence-corrected chi connectivity index (χ0v) is 12.4. The number of hydrogen-bond donors (Lipinski definition) is 0. The fourth-order valence-corrected chi connectivity index (χ4v) is 2.23. The molecular formula is C14H19ClN4. The molecule has 2 aromatic rings. The summed E-state index contributed by atoms with van der Waals surface area (Å²) in [5, 5.41) is 0.491. The Morgan fingerprint density at radius 3 is 2.79 bits per heavy atom. The summed E-state index contributed by atoms with van der Waals surface area (Å²) in [6.07, 6.45) is 5.55. The first-order valence-corrected chi connectivity index (χ1v) is 7.02. The average Bonchev–Trinajstić information content (AvgIpc) is 2.76. The van der Waals surface area contributed by atoms with Crippen LogP contribution in [0.4, 0.5) is 0 Å². The minimum absolute atomic E-state index is 0.491. The number of imidazole rings is 1. The van der Waals surface area contributed by atoms with Gasteiger partial charge in [0.05, 0.1) is 12.5 Å². The second-order valence-electron chi connectivity index (χ2n) is 5.08. The lowest BCUT2D eigenvalue weighted by Gasteiger charge is -2.09. The van der Waals surface area contributed by atoms with Crippen molar-refractivity contribution in [3.8, 4) is 11.5 Å². The molecule has 2 heterocycles.